The van der Waals surface area contributed by atoms with E-state index in [-0.39, 0.29) is 18.0 Å². The van der Waals surface area contributed by atoms with Gasteiger partial charge in [0.25, 0.3) is 5.91 Å². The Balaban J connectivity index is 2.73. The van der Waals surface area contributed by atoms with E-state index < -0.39 is 23.9 Å². The first-order valence-electron chi connectivity index (χ1n) is 6.40. The van der Waals surface area contributed by atoms with Crippen LogP contribution in [-0.2, 0) is 11.3 Å². The van der Waals surface area contributed by atoms with Gasteiger partial charge in [0.1, 0.15) is 6.10 Å². The number of alkyl halides is 2. The summed E-state index contributed by atoms with van der Waals surface area (Å²) in [5.41, 5.74) is 0.479. The molecule has 0 aromatic heterocycles. The summed E-state index contributed by atoms with van der Waals surface area (Å²) >= 11 is 0. The van der Waals surface area contributed by atoms with Crippen LogP contribution in [-0.4, -0.2) is 35.3 Å². The Labute approximate surface area is 121 Å². The highest BCUT2D eigenvalue weighted by molar-refractivity contribution is 5.84. The van der Waals surface area contributed by atoms with Crippen LogP contribution in [0, 0.1) is 5.92 Å². The largest absolute Gasteiger partial charge is 0.504 e. The van der Waals surface area contributed by atoms with Gasteiger partial charge in [0.15, 0.2) is 11.5 Å². The Morgan fingerprint density at radius 3 is 2.57 bits per heavy atom. The third kappa shape index (κ3) is 4.04. The van der Waals surface area contributed by atoms with E-state index >= 15 is 0 Å². The van der Waals surface area contributed by atoms with E-state index in [9.17, 15) is 23.8 Å². The zero-order valence-corrected chi connectivity index (χ0v) is 12.1. The number of halogens is 2. The number of benzene rings is 1. The van der Waals surface area contributed by atoms with Gasteiger partial charge in [-0.1, -0.05) is 19.9 Å². The van der Waals surface area contributed by atoms with Crippen LogP contribution in [0.3, 0.4) is 0 Å². The molecule has 1 unspecified atom stereocenters. The molecular weight excluding hydrogens is 284 g/mol. The van der Waals surface area contributed by atoms with Crippen molar-refractivity contribution >= 4 is 5.91 Å². The van der Waals surface area contributed by atoms with Crippen LogP contribution in [0.4, 0.5) is 8.78 Å². The highest BCUT2D eigenvalue weighted by Gasteiger charge is 2.47. The lowest BCUT2D eigenvalue weighted by Gasteiger charge is -2.24. The molecule has 0 aliphatic carbocycles. The molecule has 5 nitrogen and oxygen atoms in total. The number of aromatic hydroxyl groups is 1. The van der Waals surface area contributed by atoms with Crippen molar-refractivity contribution < 1.29 is 28.5 Å². The number of carbonyl (C=O) groups excluding carboxylic acids is 1. The summed E-state index contributed by atoms with van der Waals surface area (Å²) in [5.74, 6) is -6.08. The number of methoxy groups -OCH3 is 1. The van der Waals surface area contributed by atoms with Crippen molar-refractivity contribution in [2.24, 2.45) is 5.92 Å². The summed E-state index contributed by atoms with van der Waals surface area (Å²) in [7, 11) is 1.35. The molecule has 0 heterocycles. The van der Waals surface area contributed by atoms with E-state index in [1.54, 1.807) is 0 Å². The minimum atomic E-state index is -3.87. The summed E-state index contributed by atoms with van der Waals surface area (Å²) in [6.45, 7) is 2.63. The normalized spacial score (nSPS) is 13.1. The number of aliphatic hydroxyl groups excluding tert-OH is 1. The fourth-order valence-corrected chi connectivity index (χ4v) is 1.69. The van der Waals surface area contributed by atoms with Crippen LogP contribution in [0.15, 0.2) is 18.2 Å². The van der Waals surface area contributed by atoms with Crippen LogP contribution in [0.1, 0.15) is 19.4 Å². The van der Waals surface area contributed by atoms with E-state index in [4.69, 9.17) is 4.74 Å². The van der Waals surface area contributed by atoms with Crippen LogP contribution in [0.25, 0.3) is 0 Å². The van der Waals surface area contributed by atoms with E-state index in [0.717, 1.165) is 0 Å². The summed E-state index contributed by atoms with van der Waals surface area (Å²) in [4.78, 5) is 11.5. The molecule has 0 saturated heterocycles. The Morgan fingerprint density at radius 2 is 2.05 bits per heavy atom. The monoisotopic (exact) mass is 303 g/mol. The molecule has 7 heteroatoms. The molecule has 1 atom stereocenters. The number of hydrogen-bond donors (Lipinski definition) is 3. The highest BCUT2D eigenvalue weighted by atomic mass is 19.3. The van der Waals surface area contributed by atoms with Crippen molar-refractivity contribution in [3.05, 3.63) is 23.8 Å². The Morgan fingerprint density at radius 1 is 1.43 bits per heavy atom. The maximum atomic E-state index is 13.6. The van der Waals surface area contributed by atoms with Gasteiger partial charge in [-0.15, -0.1) is 0 Å². The Bertz CT molecular complexity index is 506. The number of aliphatic hydroxyl groups is 1. The molecule has 0 fully saturated rings. The molecule has 118 valence electrons. The van der Waals surface area contributed by atoms with Crippen molar-refractivity contribution in [3.63, 3.8) is 0 Å². The molecule has 0 saturated carbocycles. The molecular formula is C14H19F2NO4. The fraction of sp³-hybridized carbons (Fsp3) is 0.500. The van der Waals surface area contributed by atoms with E-state index in [1.807, 2.05) is 0 Å². The van der Waals surface area contributed by atoms with Gasteiger partial charge in [0, 0.05) is 6.54 Å². The number of hydrogen-bond acceptors (Lipinski definition) is 4. The molecule has 3 N–H and O–H groups in total. The third-order valence-electron chi connectivity index (χ3n) is 3.00. The molecule has 0 bridgehead atoms. The van der Waals surface area contributed by atoms with Crippen molar-refractivity contribution in [2.75, 3.05) is 7.11 Å². The van der Waals surface area contributed by atoms with E-state index in [1.165, 1.54) is 39.2 Å². The average Bonchev–Trinajstić information content (AvgIpc) is 2.44. The van der Waals surface area contributed by atoms with Gasteiger partial charge < -0.3 is 20.3 Å². The van der Waals surface area contributed by atoms with Crippen molar-refractivity contribution in [1.29, 1.82) is 0 Å². The van der Waals surface area contributed by atoms with Gasteiger partial charge in [-0.3, -0.25) is 4.79 Å². The first kappa shape index (κ1) is 17.2. The maximum absolute atomic E-state index is 13.6. The van der Waals surface area contributed by atoms with Crippen molar-refractivity contribution in [3.8, 4) is 11.5 Å². The summed E-state index contributed by atoms with van der Waals surface area (Å²) in [6, 6.07) is 4.23. The number of amides is 1. The number of phenols is 1. The molecule has 0 aliphatic heterocycles. The lowest BCUT2D eigenvalue weighted by Crippen LogP contribution is -2.50. The number of nitrogens with one attached hydrogen (secondary N) is 1. The number of phenolic OH excluding ortho intramolecular Hbond substituents is 1. The first-order valence-corrected chi connectivity index (χ1v) is 6.40. The fourth-order valence-electron chi connectivity index (χ4n) is 1.69. The average molecular weight is 303 g/mol. The van der Waals surface area contributed by atoms with Gasteiger partial charge in [0.2, 0.25) is 0 Å². The molecule has 1 rings (SSSR count). The van der Waals surface area contributed by atoms with Crippen molar-refractivity contribution in [2.45, 2.75) is 32.4 Å². The zero-order chi connectivity index (χ0) is 16.2. The Kier molecular flexibility index (Phi) is 5.48. The second-order valence-electron chi connectivity index (χ2n) is 5.00. The molecule has 0 spiro atoms. The third-order valence-corrected chi connectivity index (χ3v) is 3.00. The topological polar surface area (TPSA) is 78.8 Å². The molecule has 0 radical (unpaired) electrons. The molecule has 1 amide bonds. The number of carbonyl (C=O) groups is 1. The minimum Gasteiger partial charge on any atom is -0.504 e. The lowest BCUT2D eigenvalue weighted by atomic mass is 10.0. The van der Waals surface area contributed by atoms with Crippen LogP contribution >= 0.6 is 0 Å². The molecule has 1 aromatic rings. The molecule has 0 aliphatic rings. The van der Waals surface area contributed by atoms with Gasteiger partial charge in [-0.05, 0) is 23.6 Å². The molecule has 1 aromatic carbocycles. The quantitative estimate of drug-likeness (QED) is 0.747. The minimum absolute atomic E-state index is 0.0897. The summed E-state index contributed by atoms with van der Waals surface area (Å²) in [6.07, 6.45) is -2.05. The van der Waals surface area contributed by atoms with Gasteiger partial charge in [0.05, 0.1) is 7.11 Å². The van der Waals surface area contributed by atoms with Gasteiger partial charge in [-0.2, -0.15) is 8.78 Å². The predicted molar refractivity (Wildman–Crippen MR) is 72.3 cm³/mol. The SMILES string of the molecule is COc1cc(CNC(=O)C(F)(F)C(O)C(C)C)ccc1O. The summed E-state index contributed by atoms with van der Waals surface area (Å²) < 4.78 is 32.2. The van der Waals surface area contributed by atoms with Crippen LogP contribution in [0.5, 0.6) is 11.5 Å². The second kappa shape index (κ2) is 6.71. The standard InChI is InChI=1S/C14H19F2NO4/c1-8(2)12(19)14(15,16)13(20)17-7-9-4-5-10(18)11(6-9)21-3/h4-6,8,12,18-19H,7H2,1-3H3,(H,17,20). The van der Waals surface area contributed by atoms with Gasteiger partial charge >= 0.3 is 5.92 Å². The lowest BCUT2D eigenvalue weighted by molar-refractivity contribution is -0.168. The maximum Gasteiger partial charge on any atom is 0.349 e. The highest BCUT2D eigenvalue weighted by Crippen LogP contribution is 2.27. The predicted octanol–water partition coefficient (Wildman–Crippen LogP) is 1.67. The molecule has 21 heavy (non-hydrogen) atoms. The van der Waals surface area contributed by atoms with Crippen LogP contribution in [0.2, 0.25) is 0 Å². The first-order chi connectivity index (χ1) is 9.70. The number of rotatable bonds is 6. The smallest absolute Gasteiger partial charge is 0.349 e. The van der Waals surface area contributed by atoms with Crippen LogP contribution < -0.4 is 10.1 Å². The van der Waals surface area contributed by atoms with Gasteiger partial charge in [-0.25, -0.2) is 0 Å². The summed E-state index contributed by atoms with van der Waals surface area (Å²) in [5, 5.41) is 20.8. The second-order valence-corrected chi connectivity index (χ2v) is 5.00. The zero-order valence-electron chi connectivity index (χ0n) is 12.1. The van der Waals surface area contributed by atoms with E-state index in [2.05, 4.69) is 5.32 Å². The van der Waals surface area contributed by atoms with Crippen molar-refractivity contribution in [1.82, 2.24) is 5.32 Å². The Hall–Kier alpha value is -1.89. The van der Waals surface area contributed by atoms with E-state index in [0.29, 0.717) is 5.56 Å². The number of ether oxygens (including phenoxy) is 1.